The highest BCUT2D eigenvalue weighted by molar-refractivity contribution is 5.77. The number of carbonyl (C=O) groups excluding carboxylic acids is 1. The first kappa shape index (κ1) is 10.4. The van der Waals surface area contributed by atoms with Crippen LogP contribution in [0.1, 0.15) is 5.56 Å². The van der Waals surface area contributed by atoms with E-state index in [1.54, 1.807) is 6.20 Å². The van der Waals surface area contributed by atoms with Crippen molar-refractivity contribution in [2.24, 2.45) is 5.73 Å². The Balaban J connectivity index is 2.33. The van der Waals surface area contributed by atoms with Crippen molar-refractivity contribution < 1.29 is 4.79 Å². The molecule has 0 saturated heterocycles. The topological polar surface area (TPSA) is 56.0 Å². The molecule has 1 aromatic carbocycles. The van der Waals surface area contributed by atoms with Gasteiger partial charge in [-0.1, -0.05) is 24.3 Å². The third-order valence-corrected chi connectivity index (χ3v) is 2.27. The number of hydrogen-bond acceptors (Lipinski definition) is 2. The first-order valence-electron chi connectivity index (χ1n) is 5.04. The van der Waals surface area contributed by atoms with E-state index in [1.165, 1.54) is 0 Å². The molecule has 2 aromatic rings. The zero-order valence-electron chi connectivity index (χ0n) is 8.76. The van der Waals surface area contributed by atoms with Crippen molar-refractivity contribution in [3.63, 3.8) is 0 Å². The predicted octanol–water partition coefficient (Wildman–Crippen LogP) is 1.78. The molecule has 0 spiro atoms. The van der Waals surface area contributed by atoms with Crippen molar-refractivity contribution in [2.45, 2.75) is 6.42 Å². The van der Waals surface area contributed by atoms with Crippen molar-refractivity contribution >= 4 is 5.91 Å². The number of amides is 1. The minimum Gasteiger partial charge on any atom is -0.369 e. The summed E-state index contributed by atoms with van der Waals surface area (Å²) in [6.45, 7) is 0. The second-order valence-electron chi connectivity index (χ2n) is 3.56. The molecule has 2 rings (SSSR count). The Hall–Kier alpha value is -2.16. The Labute approximate surface area is 93.9 Å². The van der Waals surface area contributed by atoms with E-state index >= 15 is 0 Å². The lowest BCUT2D eigenvalue weighted by molar-refractivity contribution is -0.117. The fraction of sp³-hybridized carbons (Fsp3) is 0.0769. The average Bonchev–Trinajstić information content (AvgIpc) is 2.30. The fourth-order valence-electron chi connectivity index (χ4n) is 1.58. The van der Waals surface area contributed by atoms with E-state index in [9.17, 15) is 4.79 Å². The largest absolute Gasteiger partial charge is 0.369 e. The molecule has 0 aliphatic rings. The minimum atomic E-state index is -0.321. The third-order valence-electron chi connectivity index (χ3n) is 2.27. The zero-order valence-corrected chi connectivity index (χ0v) is 8.76. The van der Waals surface area contributed by atoms with Gasteiger partial charge in [-0.2, -0.15) is 0 Å². The Kier molecular flexibility index (Phi) is 2.96. The van der Waals surface area contributed by atoms with Crippen LogP contribution >= 0.6 is 0 Å². The van der Waals surface area contributed by atoms with Gasteiger partial charge in [-0.15, -0.1) is 0 Å². The van der Waals surface area contributed by atoms with Crippen molar-refractivity contribution in [1.82, 2.24) is 4.98 Å². The van der Waals surface area contributed by atoms with Crippen LogP contribution in [0.25, 0.3) is 11.3 Å². The molecule has 3 nitrogen and oxygen atoms in total. The van der Waals surface area contributed by atoms with E-state index in [-0.39, 0.29) is 12.3 Å². The number of nitrogens with two attached hydrogens (primary N) is 1. The summed E-state index contributed by atoms with van der Waals surface area (Å²) in [5.74, 6) is -0.321. The fourth-order valence-corrected chi connectivity index (χ4v) is 1.58. The van der Waals surface area contributed by atoms with Gasteiger partial charge in [0.1, 0.15) is 0 Å². The van der Waals surface area contributed by atoms with Crippen LogP contribution in [0.15, 0.2) is 48.7 Å². The van der Waals surface area contributed by atoms with Gasteiger partial charge in [0.2, 0.25) is 5.91 Å². The van der Waals surface area contributed by atoms with Crippen molar-refractivity contribution in [1.29, 1.82) is 0 Å². The predicted molar refractivity (Wildman–Crippen MR) is 62.6 cm³/mol. The molecule has 0 unspecified atom stereocenters. The summed E-state index contributed by atoms with van der Waals surface area (Å²) in [4.78, 5) is 15.1. The van der Waals surface area contributed by atoms with E-state index in [0.717, 1.165) is 16.8 Å². The number of rotatable bonds is 3. The number of aromatic nitrogens is 1. The maximum absolute atomic E-state index is 10.8. The molecule has 0 radical (unpaired) electrons. The summed E-state index contributed by atoms with van der Waals surface area (Å²) in [5.41, 5.74) is 7.97. The maximum atomic E-state index is 10.8. The smallest absolute Gasteiger partial charge is 0.221 e. The normalized spacial score (nSPS) is 10.0. The Morgan fingerprint density at radius 2 is 2.06 bits per heavy atom. The molecule has 1 heterocycles. The van der Waals surface area contributed by atoms with Gasteiger partial charge in [0, 0.05) is 11.8 Å². The van der Waals surface area contributed by atoms with Gasteiger partial charge in [-0.3, -0.25) is 9.78 Å². The number of carbonyl (C=O) groups is 1. The van der Waals surface area contributed by atoms with E-state index in [2.05, 4.69) is 4.98 Å². The summed E-state index contributed by atoms with van der Waals surface area (Å²) < 4.78 is 0. The molecule has 1 aromatic heterocycles. The van der Waals surface area contributed by atoms with Crippen molar-refractivity contribution in [2.75, 3.05) is 0 Å². The summed E-state index contributed by atoms with van der Waals surface area (Å²) >= 11 is 0. The molecule has 0 atom stereocenters. The van der Waals surface area contributed by atoms with Gasteiger partial charge >= 0.3 is 0 Å². The lowest BCUT2D eigenvalue weighted by Crippen LogP contribution is -2.13. The molecule has 3 heteroatoms. The molecule has 1 amide bonds. The molecule has 0 aliphatic carbocycles. The van der Waals surface area contributed by atoms with E-state index in [1.807, 2.05) is 42.5 Å². The number of nitrogens with zero attached hydrogens (tertiary/aromatic N) is 1. The maximum Gasteiger partial charge on any atom is 0.221 e. The highest BCUT2D eigenvalue weighted by atomic mass is 16.1. The molecule has 2 N–H and O–H groups in total. The standard InChI is InChI=1S/C13H12N2O/c14-13(16)9-10-4-3-5-11(8-10)12-6-1-2-7-15-12/h1-8H,9H2,(H2,14,16). The first-order chi connectivity index (χ1) is 7.75. The number of primary amides is 1. The summed E-state index contributed by atoms with van der Waals surface area (Å²) in [6.07, 6.45) is 2.01. The Bertz CT molecular complexity index is 494. The van der Waals surface area contributed by atoms with Gasteiger partial charge in [0.05, 0.1) is 12.1 Å². The zero-order chi connectivity index (χ0) is 11.4. The molecular formula is C13H12N2O. The van der Waals surface area contributed by atoms with Gasteiger partial charge in [0.25, 0.3) is 0 Å². The second kappa shape index (κ2) is 4.57. The molecule has 16 heavy (non-hydrogen) atoms. The van der Waals surface area contributed by atoms with Gasteiger partial charge in [-0.05, 0) is 23.8 Å². The second-order valence-corrected chi connectivity index (χ2v) is 3.56. The average molecular weight is 212 g/mol. The summed E-state index contributed by atoms with van der Waals surface area (Å²) in [6, 6.07) is 13.4. The molecular weight excluding hydrogens is 200 g/mol. The first-order valence-corrected chi connectivity index (χ1v) is 5.04. The molecule has 0 saturated carbocycles. The van der Waals surface area contributed by atoms with Crippen molar-refractivity contribution in [3.05, 3.63) is 54.2 Å². The quantitative estimate of drug-likeness (QED) is 0.843. The van der Waals surface area contributed by atoms with Crippen LogP contribution in [-0.4, -0.2) is 10.9 Å². The highest BCUT2D eigenvalue weighted by Gasteiger charge is 2.02. The van der Waals surface area contributed by atoms with Crippen LogP contribution in [0.4, 0.5) is 0 Å². The van der Waals surface area contributed by atoms with E-state index in [0.29, 0.717) is 0 Å². The van der Waals surface area contributed by atoms with Crippen LogP contribution in [-0.2, 0) is 11.2 Å². The van der Waals surface area contributed by atoms with Gasteiger partial charge < -0.3 is 5.73 Å². The van der Waals surface area contributed by atoms with E-state index < -0.39 is 0 Å². The van der Waals surface area contributed by atoms with Crippen LogP contribution < -0.4 is 5.73 Å². The third kappa shape index (κ3) is 2.45. The Morgan fingerprint density at radius 1 is 1.19 bits per heavy atom. The van der Waals surface area contributed by atoms with Crippen LogP contribution in [0.3, 0.4) is 0 Å². The summed E-state index contributed by atoms with van der Waals surface area (Å²) in [7, 11) is 0. The molecule has 80 valence electrons. The molecule has 0 aliphatic heterocycles. The number of benzene rings is 1. The molecule has 0 bridgehead atoms. The molecule has 0 fully saturated rings. The van der Waals surface area contributed by atoms with Gasteiger partial charge in [0.15, 0.2) is 0 Å². The van der Waals surface area contributed by atoms with Crippen LogP contribution in [0, 0.1) is 0 Å². The Morgan fingerprint density at radius 3 is 2.75 bits per heavy atom. The number of pyridine rings is 1. The van der Waals surface area contributed by atoms with E-state index in [4.69, 9.17) is 5.73 Å². The lowest BCUT2D eigenvalue weighted by atomic mass is 10.1. The SMILES string of the molecule is NC(=O)Cc1cccc(-c2ccccn2)c1. The lowest BCUT2D eigenvalue weighted by Gasteiger charge is -2.03. The van der Waals surface area contributed by atoms with Crippen LogP contribution in [0.2, 0.25) is 0 Å². The monoisotopic (exact) mass is 212 g/mol. The van der Waals surface area contributed by atoms with Gasteiger partial charge in [-0.25, -0.2) is 0 Å². The minimum absolute atomic E-state index is 0.265. The van der Waals surface area contributed by atoms with Crippen LogP contribution in [0.5, 0.6) is 0 Å². The summed E-state index contributed by atoms with van der Waals surface area (Å²) in [5, 5.41) is 0. The van der Waals surface area contributed by atoms with Crippen molar-refractivity contribution in [3.8, 4) is 11.3 Å². The highest BCUT2D eigenvalue weighted by Crippen LogP contribution is 2.17. The number of hydrogen-bond donors (Lipinski definition) is 1.